The molecule has 2 aromatic carbocycles. The molecular formula is C19H19N3O3S. The van der Waals surface area contributed by atoms with Gasteiger partial charge in [-0.1, -0.05) is 41.2 Å². The summed E-state index contributed by atoms with van der Waals surface area (Å²) in [5.74, 6) is 1.03. The van der Waals surface area contributed by atoms with Gasteiger partial charge in [-0.15, -0.1) is 10.2 Å². The van der Waals surface area contributed by atoms with Gasteiger partial charge in [0.25, 0.3) is 5.91 Å². The number of nitrogens with one attached hydrogen (secondary N) is 1. The number of ether oxygens (including phenoxy) is 2. The Morgan fingerprint density at radius 1 is 1.08 bits per heavy atom. The van der Waals surface area contributed by atoms with E-state index in [9.17, 15) is 4.79 Å². The van der Waals surface area contributed by atoms with E-state index in [1.54, 1.807) is 18.2 Å². The second kappa shape index (κ2) is 8.44. The lowest BCUT2D eigenvalue weighted by Crippen LogP contribution is -2.13. The van der Waals surface area contributed by atoms with Crippen LogP contribution in [0.2, 0.25) is 0 Å². The third-order valence-corrected chi connectivity index (χ3v) is 4.31. The highest BCUT2D eigenvalue weighted by atomic mass is 32.1. The van der Waals surface area contributed by atoms with E-state index in [0.29, 0.717) is 34.7 Å². The van der Waals surface area contributed by atoms with Crippen molar-refractivity contribution in [2.24, 2.45) is 0 Å². The monoisotopic (exact) mass is 369 g/mol. The number of hydrogen-bond donors (Lipinski definition) is 1. The van der Waals surface area contributed by atoms with Crippen molar-refractivity contribution in [1.29, 1.82) is 0 Å². The second-order valence-corrected chi connectivity index (χ2v) is 6.55. The molecule has 1 aromatic heterocycles. The van der Waals surface area contributed by atoms with Crippen LogP contribution in [0.3, 0.4) is 0 Å². The Labute approximate surface area is 155 Å². The fourth-order valence-electron chi connectivity index (χ4n) is 2.24. The molecule has 0 fully saturated rings. The fourth-order valence-corrected chi connectivity index (χ4v) is 2.89. The summed E-state index contributed by atoms with van der Waals surface area (Å²) in [5, 5.41) is 11.9. The molecule has 0 spiro atoms. The predicted octanol–water partition coefficient (Wildman–Crippen LogP) is 4.08. The summed E-state index contributed by atoms with van der Waals surface area (Å²) < 4.78 is 11.2. The second-order valence-electron chi connectivity index (χ2n) is 5.49. The van der Waals surface area contributed by atoms with Gasteiger partial charge in [-0.25, -0.2) is 0 Å². The molecule has 0 aliphatic heterocycles. The van der Waals surface area contributed by atoms with Crippen LogP contribution in [0.1, 0.15) is 27.9 Å². The van der Waals surface area contributed by atoms with Gasteiger partial charge in [-0.3, -0.25) is 10.1 Å². The largest absolute Gasteiger partial charge is 0.493 e. The average molecular weight is 369 g/mol. The van der Waals surface area contributed by atoms with E-state index in [1.165, 1.54) is 16.9 Å². The molecule has 6 nitrogen and oxygen atoms in total. The minimum atomic E-state index is -0.281. The molecule has 0 aliphatic carbocycles. The van der Waals surface area contributed by atoms with Crippen LogP contribution in [0.5, 0.6) is 11.5 Å². The summed E-state index contributed by atoms with van der Waals surface area (Å²) in [6.45, 7) is 4.68. The summed E-state index contributed by atoms with van der Waals surface area (Å²) in [6, 6.07) is 14.9. The Bertz CT molecular complexity index is 878. The molecule has 0 aliphatic rings. The summed E-state index contributed by atoms with van der Waals surface area (Å²) in [6.07, 6.45) is 0. The van der Waals surface area contributed by atoms with Gasteiger partial charge in [0.15, 0.2) is 5.01 Å². The van der Waals surface area contributed by atoms with Crippen LogP contribution in [0.25, 0.3) is 0 Å². The first-order chi connectivity index (χ1) is 12.7. The highest BCUT2D eigenvalue weighted by molar-refractivity contribution is 7.15. The Balaban J connectivity index is 1.61. The van der Waals surface area contributed by atoms with Crippen LogP contribution < -0.4 is 14.8 Å². The Morgan fingerprint density at radius 2 is 1.85 bits per heavy atom. The highest BCUT2D eigenvalue weighted by Crippen LogP contribution is 2.22. The lowest BCUT2D eigenvalue weighted by Gasteiger charge is -2.08. The van der Waals surface area contributed by atoms with Gasteiger partial charge in [-0.2, -0.15) is 0 Å². The zero-order chi connectivity index (χ0) is 18.4. The van der Waals surface area contributed by atoms with Crippen LogP contribution in [0.4, 0.5) is 5.13 Å². The zero-order valence-electron chi connectivity index (χ0n) is 14.6. The molecule has 1 heterocycles. The molecule has 26 heavy (non-hydrogen) atoms. The van der Waals surface area contributed by atoms with E-state index in [4.69, 9.17) is 9.47 Å². The highest BCUT2D eigenvalue weighted by Gasteiger charge is 2.14. The number of carbonyl (C=O) groups is 1. The number of anilines is 1. The van der Waals surface area contributed by atoms with Gasteiger partial charge < -0.3 is 9.47 Å². The quantitative estimate of drug-likeness (QED) is 0.679. The maximum absolute atomic E-state index is 12.4. The van der Waals surface area contributed by atoms with Gasteiger partial charge in [0.05, 0.1) is 12.2 Å². The molecule has 0 saturated heterocycles. The van der Waals surface area contributed by atoms with Crippen LogP contribution in [-0.2, 0) is 6.61 Å². The first-order valence-corrected chi connectivity index (χ1v) is 9.02. The fraction of sp³-hybridized carbons (Fsp3) is 0.211. The van der Waals surface area contributed by atoms with E-state index in [1.807, 2.05) is 44.2 Å². The summed E-state index contributed by atoms with van der Waals surface area (Å²) in [7, 11) is 0. The molecule has 1 N–H and O–H groups in total. The van der Waals surface area contributed by atoms with Crippen LogP contribution in [0, 0.1) is 6.92 Å². The van der Waals surface area contributed by atoms with Gasteiger partial charge in [0, 0.05) is 0 Å². The normalized spacial score (nSPS) is 10.4. The van der Waals surface area contributed by atoms with E-state index >= 15 is 0 Å². The molecule has 0 bridgehead atoms. The van der Waals surface area contributed by atoms with E-state index < -0.39 is 0 Å². The maximum Gasteiger partial charge on any atom is 0.261 e. The first kappa shape index (κ1) is 17.9. The lowest BCUT2D eigenvalue weighted by molar-refractivity contribution is 0.102. The van der Waals surface area contributed by atoms with Gasteiger partial charge in [0.2, 0.25) is 5.13 Å². The molecule has 0 radical (unpaired) electrons. The summed E-state index contributed by atoms with van der Waals surface area (Å²) >= 11 is 1.28. The third kappa shape index (κ3) is 4.58. The van der Waals surface area contributed by atoms with Crippen LogP contribution in [-0.4, -0.2) is 22.7 Å². The minimum absolute atomic E-state index is 0.281. The number of aromatic nitrogens is 2. The van der Waals surface area contributed by atoms with Crippen molar-refractivity contribution in [3.8, 4) is 11.5 Å². The van der Waals surface area contributed by atoms with Crippen LogP contribution in [0.15, 0.2) is 48.5 Å². The molecule has 134 valence electrons. The molecule has 0 unspecified atom stereocenters. The van der Waals surface area contributed by atoms with E-state index in [2.05, 4.69) is 15.5 Å². The van der Waals surface area contributed by atoms with Crippen molar-refractivity contribution in [3.63, 3.8) is 0 Å². The Hall–Kier alpha value is -2.93. The average Bonchev–Trinajstić information content (AvgIpc) is 3.09. The first-order valence-electron chi connectivity index (χ1n) is 8.20. The van der Waals surface area contributed by atoms with Gasteiger partial charge in [-0.05, 0) is 38.1 Å². The smallest absolute Gasteiger partial charge is 0.261 e. The Kier molecular flexibility index (Phi) is 5.80. The maximum atomic E-state index is 12.4. The van der Waals surface area contributed by atoms with Crippen molar-refractivity contribution in [1.82, 2.24) is 10.2 Å². The number of amides is 1. The molecule has 3 aromatic rings. The van der Waals surface area contributed by atoms with Crippen LogP contribution >= 0.6 is 11.3 Å². The van der Waals surface area contributed by atoms with Gasteiger partial charge >= 0.3 is 0 Å². The van der Waals surface area contributed by atoms with Crippen molar-refractivity contribution in [2.45, 2.75) is 20.5 Å². The number of nitrogens with zero attached hydrogens (tertiary/aromatic N) is 2. The van der Waals surface area contributed by atoms with Crippen molar-refractivity contribution < 1.29 is 14.3 Å². The number of rotatable bonds is 7. The molecular weight excluding hydrogens is 350 g/mol. The van der Waals surface area contributed by atoms with E-state index in [0.717, 1.165) is 5.75 Å². The number of hydrogen-bond acceptors (Lipinski definition) is 6. The molecule has 3 rings (SSSR count). The topological polar surface area (TPSA) is 73.3 Å². The minimum Gasteiger partial charge on any atom is -0.493 e. The molecule has 0 atom stereocenters. The van der Waals surface area contributed by atoms with Crippen molar-refractivity contribution >= 4 is 22.4 Å². The number of aryl methyl sites for hydroxylation is 1. The summed E-state index contributed by atoms with van der Waals surface area (Å²) in [5.41, 5.74) is 1.63. The van der Waals surface area contributed by atoms with E-state index in [-0.39, 0.29) is 5.91 Å². The number of benzene rings is 2. The molecule has 0 saturated carbocycles. The SMILES string of the molecule is CCOc1ccccc1C(=O)Nc1nnc(COc2ccc(C)cc2)s1. The van der Waals surface area contributed by atoms with Crippen molar-refractivity contribution in [2.75, 3.05) is 11.9 Å². The predicted molar refractivity (Wildman–Crippen MR) is 101 cm³/mol. The molecule has 1 amide bonds. The lowest BCUT2D eigenvalue weighted by atomic mass is 10.2. The Morgan fingerprint density at radius 3 is 2.62 bits per heavy atom. The standard InChI is InChI=1S/C19H19N3O3S/c1-3-24-16-7-5-4-6-15(16)18(23)20-19-22-21-17(26-19)12-25-14-10-8-13(2)9-11-14/h4-11H,3,12H2,1-2H3,(H,20,22,23). The number of para-hydroxylation sites is 1. The van der Waals surface area contributed by atoms with Gasteiger partial charge in [0.1, 0.15) is 18.1 Å². The number of carbonyl (C=O) groups excluding carboxylic acids is 1. The zero-order valence-corrected chi connectivity index (χ0v) is 15.4. The third-order valence-electron chi connectivity index (χ3n) is 3.50. The summed E-state index contributed by atoms with van der Waals surface area (Å²) in [4.78, 5) is 12.4. The molecule has 7 heteroatoms. The van der Waals surface area contributed by atoms with Crippen molar-refractivity contribution in [3.05, 3.63) is 64.7 Å².